The third kappa shape index (κ3) is 13.0. The Morgan fingerprint density at radius 3 is 1.55 bits per heavy atom. The summed E-state index contributed by atoms with van der Waals surface area (Å²) in [5.41, 5.74) is 6.39. The van der Waals surface area contributed by atoms with Crippen LogP contribution in [0.2, 0.25) is 0 Å². The number of hydrogen-bond acceptors (Lipinski definition) is 3. The molecule has 1 aromatic rings. The van der Waals surface area contributed by atoms with Gasteiger partial charge < -0.3 is 14.2 Å². The lowest BCUT2D eigenvalue weighted by molar-refractivity contribution is -0.131. The molecule has 0 saturated heterocycles. The van der Waals surface area contributed by atoms with Gasteiger partial charge in [-0.1, -0.05) is 58.7 Å². The molecule has 0 aliphatic rings. The number of benzene rings is 1. The Kier molecular flexibility index (Phi) is 13.6. The maximum absolute atomic E-state index is 6.10. The van der Waals surface area contributed by atoms with Gasteiger partial charge in [0.2, 0.25) is 0 Å². The van der Waals surface area contributed by atoms with Crippen LogP contribution in [-0.4, -0.2) is 20.3 Å². The van der Waals surface area contributed by atoms with Crippen LogP contribution in [0.1, 0.15) is 79.1 Å². The monoisotopic (exact) mass is 426 g/mol. The average Bonchev–Trinajstić information content (AvgIpc) is 2.72. The second-order valence-corrected chi connectivity index (χ2v) is 8.51. The normalized spacial score (nSPS) is 13.0. The summed E-state index contributed by atoms with van der Waals surface area (Å²) in [6, 6.07) is 7.88. The van der Waals surface area contributed by atoms with Crippen molar-refractivity contribution < 1.29 is 14.2 Å². The Hall–Kier alpha value is -2.10. The summed E-state index contributed by atoms with van der Waals surface area (Å²) in [4.78, 5) is 0. The SMILES string of the molecule is COc1ccc(C(OCC=C(C)CCC=C(C)C)OCC=C(C)CCC=C(C)C)cc1. The van der Waals surface area contributed by atoms with Crippen LogP contribution < -0.4 is 4.74 Å². The summed E-state index contributed by atoms with van der Waals surface area (Å²) in [6.07, 6.45) is 12.7. The zero-order valence-corrected chi connectivity index (χ0v) is 20.7. The minimum absolute atomic E-state index is 0.408. The van der Waals surface area contributed by atoms with Gasteiger partial charge in [-0.15, -0.1) is 0 Å². The van der Waals surface area contributed by atoms with Crippen molar-refractivity contribution in [2.24, 2.45) is 0 Å². The van der Waals surface area contributed by atoms with E-state index in [1.54, 1.807) is 7.11 Å². The van der Waals surface area contributed by atoms with Crippen LogP contribution in [-0.2, 0) is 9.47 Å². The van der Waals surface area contributed by atoms with E-state index in [4.69, 9.17) is 14.2 Å². The second-order valence-electron chi connectivity index (χ2n) is 8.51. The fraction of sp³-hybridized carbons (Fsp3) is 0.500. The van der Waals surface area contributed by atoms with Gasteiger partial charge >= 0.3 is 0 Å². The maximum atomic E-state index is 6.10. The second kappa shape index (κ2) is 15.7. The zero-order chi connectivity index (χ0) is 23.1. The largest absolute Gasteiger partial charge is 0.497 e. The fourth-order valence-electron chi connectivity index (χ4n) is 2.94. The molecule has 0 atom stereocenters. The van der Waals surface area contributed by atoms with E-state index >= 15 is 0 Å². The maximum Gasteiger partial charge on any atom is 0.184 e. The van der Waals surface area contributed by atoms with E-state index in [2.05, 4.69) is 65.8 Å². The van der Waals surface area contributed by atoms with Crippen LogP contribution in [0.15, 0.2) is 70.9 Å². The lowest BCUT2D eigenvalue weighted by atomic mass is 10.1. The van der Waals surface area contributed by atoms with Gasteiger partial charge in [0, 0.05) is 5.56 Å². The molecule has 0 amide bonds. The first kappa shape index (κ1) is 26.9. The number of rotatable bonds is 14. The van der Waals surface area contributed by atoms with Gasteiger partial charge in [0.05, 0.1) is 20.3 Å². The van der Waals surface area contributed by atoms with Crippen molar-refractivity contribution in [3.05, 3.63) is 76.4 Å². The van der Waals surface area contributed by atoms with Gasteiger partial charge in [-0.05, 0) is 79.4 Å². The summed E-state index contributed by atoms with van der Waals surface area (Å²) >= 11 is 0. The molecule has 0 unspecified atom stereocenters. The van der Waals surface area contributed by atoms with Gasteiger partial charge in [-0.3, -0.25) is 0 Å². The van der Waals surface area contributed by atoms with Gasteiger partial charge in [0.1, 0.15) is 5.75 Å². The first-order valence-electron chi connectivity index (χ1n) is 11.3. The molecule has 0 spiro atoms. The Bertz CT molecular complexity index is 701. The summed E-state index contributed by atoms with van der Waals surface area (Å²) < 4.78 is 17.5. The molecule has 0 aliphatic heterocycles. The molecule has 0 radical (unpaired) electrons. The highest BCUT2D eigenvalue weighted by Gasteiger charge is 2.12. The van der Waals surface area contributed by atoms with Crippen molar-refractivity contribution in [1.82, 2.24) is 0 Å². The molecule has 1 rings (SSSR count). The van der Waals surface area contributed by atoms with E-state index in [-0.39, 0.29) is 0 Å². The van der Waals surface area contributed by atoms with Gasteiger partial charge in [-0.25, -0.2) is 0 Å². The molecule has 1 aromatic carbocycles. The number of methoxy groups -OCH3 is 1. The van der Waals surface area contributed by atoms with Crippen molar-refractivity contribution in [2.45, 2.75) is 73.5 Å². The molecular formula is C28H42O3. The summed E-state index contributed by atoms with van der Waals surface area (Å²) in [6.45, 7) is 13.9. The predicted octanol–water partition coefficient (Wildman–Crippen LogP) is 8.11. The zero-order valence-electron chi connectivity index (χ0n) is 20.7. The van der Waals surface area contributed by atoms with Gasteiger partial charge in [-0.2, -0.15) is 0 Å². The van der Waals surface area contributed by atoms with Gasteiger partial charge in [0.25, 0.3) is 0 Å². The molecule has 0 heterocycles. The van der Waals surface area contributed by atoms with E-state index < -0.39 is 6.29 Å². The molecule has 0 aromatic heterocycles. The summed E-state index contributed by atoms with van der Waals surface area (Å²) in [5, 5.41) is 0. The Morgan fingerprint density at radius 2 is 1.16 bits per heavy atom. The molecule has 172 valence electrons. The number of ether oxygens (including phenoxy) is 3. The average molecular weight is 427 g/mol. The van der Waals surface area contributed by atoms with E-state index in [9.17, 15) is 0 Å². The highest BCUT2D eigenvalue weighted by molar-refractivity contribution is 5.28. The highest BCUT2D eigenvalue weighted by Crippen LogP contribution is 2.22. The van der Waals surface area contributed by atoms with Crippen molar-refractivity contribution in [1.29, 1.82) is 0 Å². The van der Waals surface area contributed by atoms with Crippen LogP contribution in [0.5, 0.6) is 5.75 Å². The van der Waals surface area contributed by atoms with Crippen molar-refractivity contribution in [3.8, 4) is 5.75 Å². The van der Waals surface area contributed by atoms with Crippen molar-refractivity contribution in [3.63, 3.8) is 0 Å². The quantitative estimate of drug-likeness (QED) is 0.222. The lowest BCUT2D eigenvalue weighted by Gasteiger charge is -2.18. The first-order valence-corrected chi connectivity index (χ1v) is 11.3. The molecule has 3 heteroatoms. The Morgan fingerprint density at radius 1 is 0.710 bits per heavy atom. The molecule has 0 bridgehead atoms. The van der Waals surface area contributed by atoms with E-state index in [1.807, 2.05) is 24.3 Å². The first-order chi connectivity index (χ1) is 14.8. The molecule has 0 fully saturated rings. The minimum Gasteiger partial charge on any atom is -0.497 e. The van der Waals surface area contributed by atoms with Crippen LogP contribution in [0.25, 0.3) is 0 Å². The third-order valence-corrected chi connectivity index (χ3v) is 4.93. The fourth-order valence-corrected chi connectivity index (χ4v) is 2.94. The van der Waals surface area contributed by atoms with Crippen molar-refractivity contribution in [2.75, 3.05) is 20.3 Å². The van der Waals surface area contributed by atoms with Gasteiger partial charge in [0.15, 0.2) is 6.29 Å². The van der Waals surface area contributed by atoms with Crippen molar-refractivity contribution >= 4 is 0 Å². The number of hydrogen-bond donors (Lipinski definition) is 0. The Balaban J connectivity index is 2.69. The number of allylic oxidation sites excluding steroid dienone is 6. The highest BCUT2D eigenvalue weighted by atomic mass is 16.7. The third-order valence-electron chi connectivity index (χ3n) is 4.93. The van der Waals surface area contributed by atoms with E-state index in [0.29, 0.717) is 13.2 Å². The van der Waals surface area contributed by atoms with Crippen LogP contribution in [0, 0.1) is 0 Å². The molecule has 31 heavy (non-hydrogen) atoms. The predicted molar refractivity (Wildman–Crippen MR) is 132 cm³/mol. The molecule has 0 N–H and O–H groups in total. The Labute approximate surface area is 190 Å². The minimum atomic E-state index is -0.408. The molecular weight excluding hydrogens is 384 g/mol. The summed E-state index contributed by atoms with van der Waals surface area (Å²) in [5.74, 6) is 0.826. The van der Waals surface area contributed by atoms with Crippen LogP contribution >= 0.6 is 0 Å². The van der Waals surface area contributed by atoms with E-state index in [1.165, 1.54) is 22.3 Å². The van der Waals surface area contributed by atoms with Crippen LogP contribution in [0.3, 0.4) is 0 Å². The molecule has 0 aliphatic carbocycles. The smallest absolute Gasteiger partial charge is 0.184 e. The van der Waals surface area contributed by atoms with E-state index in [0.717, 1.165) is 37.0 Å². The van der Waals surface area contributed by atoms with Crippen LogP contribution in [0.4, 0.5) is 0 Å². The standard InChI is InChI=1S/C28H42O3/c1-22(2)10-8-12-24(5)18-20-30-28(26-14-16-27(29-7)17-15-26)31-21-19-25(6)13-9-11-23(3)4/h10-11,14-19,28H,8-9,12-13,20-21H2,1-7H3. The topological polar surface area (TPSA) is 27.7 Å². The molecule has 3 nitrogen and oxygen atoms in total. The lowest BCUT2D eigenvalue weighted by Crippen LogP contribution is -2.10. The summed E-state index contributed by atoms with van der Waals surface area (Å²) in [7, 11) is 1.67. The molecule has 0 saturated carbocycles.